The van der Waals surface area contributed by atoms with Crippen LogP contribution in [0.15, 0.2) is 18.2 Å². The van der Waals surface area contributed by atoms with Gasteiger partial charge >= 0.3 is 0 Å². The van der Waals surface area contributed by atoms with Crippen LogP contribution in [0.25, 0.3) is 0 Å². The number of amides is 1. The van der Waals surface area contributed by atoms with Gasteiger partial charge in [0.15, 0.2) is 0 Å². The molecule has 1 aromatic rings. The first-order valence-corrected chi connectivity index (χ1v) is 7.00. The zero-order valence-electron chi connectivity index (χ0n) is 12.2. The quantitative estimate of drug-likeness (QED) is 0.904. The van der Waals surface area contributed by atoms with Gasteiger partial charge in [0.25, 0.3) is 5.91 Å². The molecule has 1 fully saturated rings. The van der Waals surface area contributed by atoms with Gasteiger partial charge in [0.05, 0.1) is 0 Å². The van der Waals surface area contributed by atoms with E-state index in [4.69, 9.17) is 5.73 Å². The Morgan fingerprint density at radius 3 is 2.47 bits per heavy atom. The first kappa shape index (κ1) is 14.1. The van der Waals surface area contributed by atoms with E-state index in [1.807, 2.05) is 37.1 Å². The maximum Gasteiger partial charge on any atom is 0.253 e. The average molecular weight is 260 g/mol. The van der Waals surface area contributed by atoms with Crippen molar-refractivity contribution in [2.75, 3.05) is 20.1 Å². The first-order valence-electron chi connectivity index (χ1n) is 7.00. The monoisotopic (exact) mass is 260 g/mol. The van der Waals surface area contributed by atoms with E-state index in [-0.39, 0.29) is 11.3 Å². The lowest BCUT2D eigenvalue weighted by Gasteiger charge is -2.43. The number of carbonyl (C=O) groups excluding carboxylic acids is 1. The van der Waals surface area contributed by atoms with Gasteiger partial charge in [-0.3, -0.25) is 4.79 Å². The van der Waals surface area contributed by atoms with E-state index >= 15 is 0 Å². The molecular formula is C16H24N2O. The summed E-state index contributed by atoms with van der Waals surface area (Å²) < 4.78 is 0. The van der Waals surface area contributed by atoms with Gasteiger partial charge in [-0.15, -0.1) is 0 Å². The summed E-state index contributed by atoms with van der Waals surface area (Å²) in [7, 11) is 1.88. The van der Waals surface area contributed by atoms with Crippen LogP contribution in [0.3, 0.4) is 0 Å². The lowest BCUT2D eigenvalue weighted by atomic mass is 9.68. The molecule has 19 heavy (non-hydrogen) atoms. The van der Waals surface area contributed by atoms with Gasteiger partial charge in [0.1, 0.15) is 0 Å². The van der Waals surface area contributed by atoms with Crippen molar-refractivity contribution >= 4 is 5.91 Å². The number of hydrogen-bond acceptors (Lipinski definition) is 2. The number of nitrogens with zero attached hydrogens (tertiary/aromatic N) is 1. The number of benzene rings is 1. The lowest BCUT2D eigenvalue weighted by Crippen LogP contribution is -2.47. The third kappa shape index (κ3) is 2.81. The first-order chi connectivity index (χ1) is 8.97. The minimum atomic E-state index is 0.0998. The standard InChI is InChI=1S/C16H24N2O/c1-12-5-6-14(9-13(12)2)15(19)18(3)11-16(10-17)7-4-8-16/h5-6,9H,4,7-8,10-11,17H2,1-3H3. The highest BCUT2D eigenvalue weighted by Crippen LogP contribution is 2.40. The highest BCUT2D eigenvalue weighted by Gasteiger charge is 2.37. The number of hydrogen-bond donors (Lipinski definition) is 1. The molecule has 0 aliphatic heterocycles. The smallest absolute Gasteiger partial charge is 0.253 e. The summed E-state index contributed by atoms with van der Waals surface area (Å²) in [4.78, 5) is 14.3. The van der Waals surface area contributed by atoms with Gasteiger partial charge in [-0.05, 0) is 56.5 Å². The van der Waals surface area contributed by atoms with E-state index in [0.29, 0.717) is 6.54 Å². The van der Waals surface area contributed by atoms with E-state index < -0.39 is 0 Å². The highest BCUT2D eigenvalue weighted by atomic mass is 16.2. The van der Waals surface area contributed by atoms with Crippen LogP contribution in [0.4, 0.5) is 0 Å². The molecule has 0 aromatic heterocycles. The minimum absolute atomic E-state index is 0.0998. The Balaban J connectivity index is 2.08. The number of rotatable bonds is 4. The van der Waals surface area contributed by atoms with Gasteiger partial charge in [-0.25, -0.2) is 0 Å². The third-order valence-corrected chi connectivity index (χ3v) is 4.52. The van der Waals surface area contributed by atoms with Crippen LogP contribution in [-0.2, 0) is 0 Å². The molecule has 0 unspecified atom stereocenters. The molecule has 1 aromatic carbocycles. The van der Waals surface area contributed by atoms with Gasteiger partial charge in [0.2, 0.25) is 0 Å². The second kappa shape index (κ2) is 5.33. The summed E-state index contributed by atoms with van der Waals surface area (Å²) in [5.74, 6) is 0.0998. The molecule has 0 radical (unpaired) electrons. The maximum absolute atomic E-state index is 12.4. The van der Waals surface area contributed by atoms with E-state index in [2.05, 4.69) is 6.92 Å². The molecule has 0 heterocycles. The fourth-order valence-corrected chi connectivity index (χ4v) is 2.77. The van der Waals surface area contributed by atoms with Gasteiger partial charge in [-0.1, -0.05) is 12.5 Å². The highest BCUT2D eigenvalue weighted by molar-refractivity contribution is 5.94. The zero-order chi connectivity index (χ0) is 14.0. The van der Waals surface area contributed by atoms with Gasteiger partial charge in [-0.2, -0.15) is 0 Å². The van der Waals surface area contributed by atoms with Gasteiger partial charge in [0, 0.05) is 24.6 Å². The van der Waals surface area contributed by atoms with E-state index in [0.717, 1.165) is 30.5 Å². The summed E-state index contributed by atoms with van der Waals surface area (Å²) in [5.41, 5.74) is 9.19. The number of nitrogens with two attached hydrogens (primary N) is 1. The van der Waals surface area contributed by atoms with Crippen LogP contribution in [0.5, 0.6) is 0 Å². The van der Waals surface area contributed by atoms with Crippen molar-refractivity contribution < 1.29 is 4.79 Å². The molecule has 1 amide bonds. The predicted octanol–water partition coefficient (Wildman–Crippen LogP) is 2.50. The second-order valence-corrected chi connectivity index (χ2v) is 6.02. The Kier molecular flexibility index (Phi) is 3.95. The topological polar surface area (TPSA) is 46.3 Å². The number of carbonyl (C=O) groups is 1. The van der Waals surface area contributed by atoms with E-state index in [1.165, 1.54) is 12.0 Å². The van der Waals surface area contributed by atoms with Crippen molar-refractivity contribution in [3.63, 3.8) is 0 Å². The number of aryl methyl sites for hydroxylation is 2. The Morgan fingerprint density at radius 1 is 1.32 bits per heavy atom. The van der Waals surface area contributed by atoms with Crippen molar-refractivity contribution in [2.45, 2.75) is 33.1 Å². The molecule has 1 aliphatic carbocycles. The summed E-state index contributed by atoms with van der Waals surface area (Å²) in [5, 5.41) is 0. The molecule has 0 saturated heterocycles. The summed E-state index contributed by atoms with van der Waals surface area (Å²) in [6.45, 7) is 5.55. The molecule has 0 bridgehead atoms. The zero-order valence-corrected chi connectivity index (χ0v) is 12.2. The van der Waals surface area contributed by atoms with Crippen molar-refractivity contribution in [3.05, 3.63) is 34.9 Å². The molecule has 104 valence electrons. The maximum atomic E-state index is 12.4. The molecule has 3 heteroatoms. The van der Waals surface area contributed by atoms with Crippen molar-refractivity contribution in [3.8, 4) is 0 Å². The van der Waals surface area contributed by atoms with E-state index in [1.54, 1.807) is 0 Å². The van der Waals surface area contributed by atoms with Crippen LogP contribution in [0, 0.1) is 19.3 Å². The van der Waals surface area contributed by atoms with Crippen molar-refractivity contribution in [1.82, 2.24) is 4.90 Å². The Labute approximate surface area is 115 Å². The molecule has 0 atom stereocenters. The fraction of sp³-hybridized carbons (Fsp3) is 0.562. The molecule has 3 nitrogen and oxygen atoms in total. The Bertz CT molecular complexity index is 472. The molecule has 1 aliphatic rings. The molecule has 2 rings (SSSR count). The van der Waals surface area contributed by atoms with Gasteiger partial charge < -0.3 is 10.6 Å². The third-order valence-electron chi connectivity index (χ3n) is 4.52. The molecule has 1 saturated carbocycles. The average Bonchev–Trinajstić information content (AvgIpc) is 2.36. The van der Waals surface area contributed by atoms with Crippen LogP contribution in [0.1, 0.15) is 40.7 Å². The van der Waals surface area contributed by atoms with Crippen molar-refractivity contribution in [2.24, 2.45) is 11.1 Å². The SMILES string of the molecule is Cc1ccc(C(=O)N(C)CC2(CN)CCC2)cc1C. The molecular weight excluding hydrogens is 236 g/mol. The lowest BCUT2D eigenvalue weighted by molar-refractivity contribution is 0.0568. The summed E-state index contributed by atoms with van der Waals surface area (Å²) in [6, 6.07) is 5.90. The van der Waals surface area contributed by atoms with Crippen molar-refractivity contribution in [1.29, 1.82) is 0 Å². The second-order valence-electron chi connectivity index (χ2n) is 6.02. The Hall–Kier alpha value is -1.35. The predicted molar refractivity (Wildman–Crippen MR) is 78.2 cm³/mol. The molecule has 2 N–H and O–H groups in total. The van der Waals surface area contributed by atoms with Crippen LogP contribution >= 0.6 is 0 Å². The minimum Gasteiger partial charge on any atom is -0.341 e. The summed E-state index contributed by atoms with van der Waals surface area (Å²) >= 11 is 0. The van der Waals surface area contributed by atoms with Crippen LogP contribution in [-0.4, -0.2) is 30.9 Å². The van der Waals surface area contributed by atoms with Crippen LogP contribution < -0.4 is 5.73 Å². The molecule has 0 spiro atoms. The normalized spacial score (nSPS) is 16.8. The van der Waals surface area contributed by atoms with Crippen LogP contribution in [0.2, 0.25) is 0 Å². The largest absolute Gasteiger partial charge is 0.341 e. The fourth-order valence-electron chi connectivity index (χ4n) is 2.77. The Morgan fingerprint density at radius 2 is 2.00 bits per heavy atom. The summed E-state index contributed by atoms with van der Waals surface area (Å²) in [6.07, 6.45) is 3.53. The van der Waals surface area contributed by atoms with E-state index in [9.17, 15) is 4.79 Å².